The van der Waals surface area contributed by atoms with Crippen LogP contribution < -0.4 is 14.4 Å². The molecule has 30 heavy (non-hydrogen) atoms. The van der Waals surface area contributed by atoms with E-state index in [-0.39, 0.29) is 0 Å². The Kier molecular flexibility index (Phi) is 5.77. The fourth-order valence-corrected chi connectivity index (χ4v) is 3.46. The van der Waals surface area contributed by atoms with E-state index >= 15 is 0 Å². The molecule has 9 heteroatoms. The lowest BCUT2D eigenvalue weighted by Crippen LogP contribution is -2.46. The number of pyridine rings is 1. The van der Waals surface area contributed by atoms with Gasteiger partial charge >= 0.3 is 0 Å². The summed E-state index contributed by atoms with van der Waals surface area (Å²) in [4.78, 5) is 13.3. The van der Waals surface area contributed by atoms with Crippen LogP contribution in [0.5, 0.6) is 11.5 Å². The number of ether oxygens (including phenoxy) is 2. The van der Waals surface area contributed by atoms with Gasteiger partial charge in [0.25, 0.3) is 0 Å². The molecule has 1 fully saturated rings. The van der Waals surface area contributed by atoms with Crippen molar-refractivity contribution in [3.8, 4) is 29.0 Å². The van der Waals surface area contributed by atoms with Crippen LogP contribution in [-0.4, -0.2) is 60.4 Å². The Morgan fingerprint density at radius 2 is 1.97 bits per heavy atom. The monoisotopic (exact) mass is 406 g/mol. The first-order valence-electron chi connectivity index (χ1n) is 9.59. The SMILES string of the molecule is COc1ccc(-c2noc(CN3CCN(c4ncccc4C#N)CC3)n2)c(OC)c1. The number of hydrogen-bond donors (Lipinski definition) is 0. The number of rotatable bonds is 6. The van der Waals surface area contributed by atoms with Gasteiger partial charge in [-0.3, -0.25) is 4.90 Å². The van der Waals surface area contributed by atoms with Crippen LogP contribution in [0.1, 0.15) is 11.5 Å². The second-order valence-corrected chi connectivity index (χ2v) is 6.83. The lowest BCUT2D eigenvalue weighted by molar-refractivity contribution is 0.215. The maximum Gasteiger partial charge on any atom is 0.241 e. The molecule has 0 unspecified atom stereocenters. The molecule has 0 amide bonds. The largest absolute Gasteiger partial charge is 0.497 e. The standard InChI is InChI=1S/C21H22N6O3/c1-28-16-5-6-17(18(12-16)29-2)20-24-19(30-25-20)14-26-8-10-27(11-9-26)21-15(13-22)4-3-7-23-21/h3-7,12H,8-11,14H2,1-2H3. The van der Waals surface area contributed by atoms with Crippen LogP contribution in [0, 0.1) is 11.3 Å². The Morgan fingerprint density at radius 3 is 2.70 bits per heavy atom. The number of aromatic nitrogens is 3. The van der Waals surface area contributed by atoms with Crippen LogP contribution in [0.25, 0.3) is 11.4 Å². The molecule has 0 saturated carbocycles. The predicted molar refractivity (Wildman–Crippen MR) is 109 cm³/mol. The molecule has 0 spiro atoms. The zero-order valence-electron chi connectivity index (χ0n) is 16.9. The van der Waals surface area contributed by atoms with Crippen LogP contribution in [0.15, 0.2) is 41.1 Å². The molecule has 1 aliphatic heterocycles. The molecule has 3 heterocycles. The highest BCUT2D eigenvalue weighted by Crippen LogP contribution is 2.31. The van der Waals surface area contributed by atoms with Gasteiger partial charge in [0, 0.05) is 38.4 Å². The lowest BCUT2D eigenvalue weighted by atomic mass is 10.2. The summed E-state index contributed by atoms with van der Waals surface area (Å²) in [6.07, 6.45) is 1.72. The normalized spacial score (nSPS) is 14.4. The topological polar surface area (TPSA) is 101 Å². The quantitative estimate of drug-likeness (QED) is 0.610. The zero-order chi connectivity index (χ0) is 20.9. The number of nitrogens with zero attached hydrogens (tertiary/aromatic N) is 6. The summed E-state index contributed by atoms with van der Waals surface area (Å²) in [6.45, 7) is 3.74. The average Bonchev–Trinajstić information content (AvgIpc) is 3.27. The van der Waals surface area contributed by atoms with Crippen molar-refractivity contribution >= 4 is 5.82 Å². The molecule has 2 aromatic heterocycles. The van der Waals surface area contributed by atoms with Gasteiger partial charge in [-0.15, -0.1) is 0 Å². The minimum atomic E-state index is 0.482. The van der Waals surface area contributed by atoms with Crippen LogP contribution in [0.4, 0.5) is 5.82 Å². The molecule has 3 aromatic rings. The highest BCUT2D eigenvalue weighted by atomic mass is 16.5. The molecule has 4 rings (SSSR count). The third-order valence-electron chi connectivity index (χ3n) is 5.06. The molecule has 0 radical (unpaired) electrons. The number of benzene rings is 1. The summed E-state index contributed by atoms with van der Waals surface area (Å²) in [5, 5.41) is 13.4. The van der Waals surface area contributed by atoms with Gasteiger partial charge in [0.05, 0.1) is 31.9 Å². The van der Waals surface area contributed by atoms with Crippen molar-refractivity contribution in [2.45, 2.75) is 6.54 Å². The van der Waals surface area contributed by atoms with E-state index in [0.717, 1.165) is 37.6 Å². The summed E-state index contributed by atoms with van der Waals surface area (Å²) in [5.41, 5.74) is 1.35. The van der Waals surface area contributed by atoms with Crippen LogP contribution in [0.2, 0.25) is 0 Å². The molecule has 0 atom stereocenters. The van der Waals surface area contributed by atoms with Crippen molar-refractivity contribution in [3.05, 3.63) is 48.0 Å². The van der Waals surface area contributed by atoms with Crippen molar-refractivity contribution in [3.63, 3.8) is 0 Å². The highest BCUT2D eigenvalue weighted by Gasteiger charge is 2.22. The van der Waals surface area contributed by atoms with E-state index < -0.39 is 0 Å². The van der Waals surface area contributed by atoms with Gasteiger partial charge in [-0.25, -0.2) is 4.98 Å². The maximum absolute atomic E-state index is 9.29. The van der Waals surface area contributed by atoms with E-state index in [1.54, 1.807) is 38.6 Å². The molecule has 0 aliphatic carbocycles. The minimum Gasteiger partial charge on any atom is -0.497 e. The summed E-state index contributed by atoms with van der Waals surface area (Å²) in [7, 11) is 3.20. The number of hydrogen-bond acceptors (Lipinski definition) is 9. The average molecular weight is 406 g/mol. The highest BCUT2D eigenvalue weighted by molar-refractivity contribution is 5.65. The van der Waals surface area contributed by atoms with Gasteiger partial charge in [0.2, 0.25) is 11.7 Å². The van der Waals surface area contributed by atoms with E-state index in [0.29, 0.717) is 35.3 Å². The maximum atomic E-state index is 9.29. The smallest absolute Gasteiger partial charge is 0.241 e. The second kappa shape index (κ2) is 8.80. The fourth-order valence-electron chi connectivity index (χ4n) is 3.46. The van der Waals surface area contributed by atoms with Gasteiger partial charge in [-0.05, 0) is 24.3 Å². The summed E-state index contributed by atoms with van der Waals surface area (Å²) in [5.74, 6) is 3.09. The van der Waals surface area contributed by atoms with Crippen LogP contribution >= 0.6 is 0 Å². The van der Waals surface area contributed by atoms with Gasteiger partial charge < -0.3 is 18.9 Å². The van der Waals surface area contributed by atoms with Crippen molar-refractivity contribution in [1.29, 1.82) is 5.26 Å². The third kappa shape index (κ3) is 4.04. The van der Waals surface area contributed by atoms with Crippen LogP contribution in [-0.2, 0) is 6.54 Å². The Bertz CT molecular complexity index is 1050. The Balaban J connectivity index is 1.40. The van der Waals surface area contributed by atoms with E-state index in [2.05, 4.69) is 31.0 Å². The van der Waals surface area contributed by atoms with Crippen molar-refractivity contribution < 1.29 is 14.0 Å². The first kappa shape index (κ1) is 19.7. The molecule has 1 aliphatic rings. The number of methoxy groups -OCH3 is 2. The number of anilines is 1. The lowest BCUT2D eigenvalue weighted by Gasteiger charge is -2.34. The fraction of sp³-hybridized carbons (Fsp3) is 0.333. The van der Waals surface area contributed by atoms with E-state index in [1.807, 2.05) is 12.1 Å². The summed E-state index contributed by atoms with van der Waals surface area (Å²) < 4.78 is 16.1. The molecular weight excluding hydrogens is 384 g/mol. The Labute approximate surface area is 174 Å². The first-order valence-corrected chi connectivity index (χ1v) is 9.59. The second-order valence-electron chi connectivity index (χ2n) is 6.83. The first-order chi connectivity index (χ1) is 14.7. The van der Waals surface area contributed by atoms with Gasteiger partial charge in [-0.1, -0.05) is 5.16 Å². The molecule has 1 saturated heterocycles. The Hall–Kier alpha value is -3.64. The summed E-state index contributed by atoms with van der Waals surface area (Å²) >= 11 is 0. The third-order valence-corrected chi connectivity index (χ3v) is 5.06. The molecular formula is C21H22N6O3. The number of piperazine rings is 1. The molecule has 1 aromatic carbocycles. The predicted octanol–water partition coefficient (Wildman–Crippen LogP) is 2.34. The van der Waals surface area contributed by atoms with Crippen LogP contribution in [0.3, 0.4) is 0 Å². The van der Waals surface area contributed by atoms with Gasteiger partial charge in [-0.2, -0.15) is 10.2 Å². The zero-order valence-corrected chi connectivity index (χ0v) is 16.9. The molecule has 154 valence electrons. The van der Waals surface area contributed by atoms with Gasteiger partial charge in [0.15, 0.2) is 0 Å². The Morgan fingerprint density at radius 1 is 1.13 bits per heavy atom. The molecule has 9 nitrogen and oxygen atoms in total. The number of nitriles is 1. The minimum absolute atomic E-state index is 0.482. The molecule has 0 bridgehead atoms. The van der Waals surface area contributed by atoms with E-state index in [4.69, 9.17) is 14.0 Å². The summed E-state index contributed by atoms with van der Waals surface area (Å²) in [6, 6.07) is 11.3. The molecule has 0 N–H and O–H groups in total. The van der Waals surface area contributed by atoms with Crippen molar-refractivity contribution in [2.24, 2.45) is 0 Å². The van der Waals surface area contributed by atoms with Crippen molar-refractivity contribution in [1.82, 2.24) is 20.0 Å². The van der Waals surface area contributed by atoms with Crippen molar-refractivity contribution in [2.75, 3.05) is 45.3 Å². The van der Waals surface area contributed by atoms with E-state index in [9.17, 15) is 5.26 Å². The van der Waals surface area contributed by atoms with E-state index in [1.165, 1.54) is 0 Å². The van der Waals surface area contributed by atoms with Gasteiger partial charge in [0.1, 0.15) is 23.4 Å².